The summed E-state index contributed by atoms with van der Waals surface area (Å²) in [5, 5.41) is 10.3. The molecule has 2 heteroatoms. The number of ether oxygens (including phenoxy) is 1. The van der Waals surface area contributed by atoms with Crippen LogP contribution < -0.4 is 4.74 Å². The summed E-state index contributed by atoms with van der Waals surface area (Å²) < 4.78 is 5.32. The first-order chi connectivity index (χ1) is 9.60. The van der Waals surface area contributed by atoms with Gasteiger partial charge in [0, 0.05) is 6.42 Å². The monoisotopic (exact) mass is 270 g/mol. The summed E-state index contributed by atoms with van der Waals surface area (Å²) >= 11 is 0. The lowest BCUT2D eigenvalue weighted by atomic mass is 9.98. The largest absolute Gasteiger partial charge is 0.496 e. The molecule has 0 aliphatic rings. The van der Waals surface area contributed by atoms with Gasteiger partial charge in [-0.2, -0.15) is 0 Å². The molecule has 0 aliphatic carbocycles. The molecule has 0 fully saturated rings. The maximum atomic E-state index is 10.3. The van der Waals surface area contributed by atoms with Gasteiger partial charge >= 0.3 is 0 Å². The maximum absolute atomic E-state index is 10.3. The van der Waals surface area contributed by atoms with Crippen LogP contribution >= 0.6 is 0 Å². The predicted octanol–water partition coefficient (Wildman–Crippen LogP) is 3.46. The zero-order valence-corrected chi connectivity index (χ0v) is 12.4. The molecule has 106 valence electrons. The second-order valence-corrected chi connectivity index (χ2v) is 5.29. The van der Waals surface area contributed by atoms with E-state index in [-0.39, 0.29) is 0 Å². The van der Waals surface area contributed by atoms with Crippen LogP contribution in [0.5, 0.6) is 5.75 Å². The van der Waals surface area contributed by atoms with E-state index in [1.165, 1.54) is 16.7 Å². The van der Waals surface area contributed by atoms with E-state index in [2.05, 4.69) is 32.0 Å². The topological polar surface area (TPSA) is 29.5 Å². The minimum absolute atomic E-state index is 0.395. The molecule has 0 aromatic heterocycles. The molecule has 20 heavy (non-hydrogen) atoms. The highest BCUT2D eigenvalue weighted by Gasteiger charge is 2.10. The molecule has 1 atom stereocenters. The Balaban J connectivity index is 2.05. The first-order valence-electron chi connectivity index (χ1n) is 6.96. The van der Waals surface area contributed by atoms with Gasteiger partial charge in [0.2, 0.25) is 0 Å². The normalized spacial score (nSPS) is 12.2. The highest BCUT2D eigenvalue weighted by molar-refractivity contribution is 5.34. The van der Waals surface area contributed by atoms with Gasteiger partial charge in [0.15, 0.2) is 0 Å². The van der Waals surface area contributed by atoms with Gasteiger partial charge in [0.25, 0.3) is 0 Å². The van der Waals surface area contributed by atoms with Crippen molar-refractivity contribution in [1.29, 1.82) is 0 Å². The Morgan fingerprint density at radius 3 is 2.45 bits per heavy atom. The van der Waals surface area contributed by atoms with Crippen molar-refractivity contribution in [1.82, 2.24) is 0 Å². The van der Waals surface area contributed by atoms with E-state index in [1.54, 1.807) is 7.11 Å². The first kappa shape index (κ1) is 14.6. The fourth-order valence-corrected chi connectivity index (χ4v) is 2.40. The molecule has 2 aromatic rings. The van der Waals surface area contributed by atoms with Gasteiger partial charge in [0.05, 0.1) is 13.2 Å². The summed E-state index contributed by atoms with van der Waals surface area (Å²) in [5.41, 5.74) is 4.78. The number of hydrogen-bond acceptors (Lipinski definition) is 2. The Bertz CT molecular complexity index is 575. The number of rotatable bonds is 5. The molecule has 0 heterocycles. The number of para-hydroxylation sites is 1. The second-order valence-electron chi connectivity index (χ2n) is 5.29. The molecule has 1 N–H and O–H groups in total. The third-order valence-electron chi connectivity index (χ3n) is 3.69. The standard InChI is InChI=1S/C18H22O2/c1-13-8-9-15(10-14(13)2)11-17(19)12-16-6-4-5-7-18(16)20-3/h4-10,17,19H,11-12H2,1-3H3. The second kappa shape index (κ2) is 6.58. The molecule has 0 saturated heterocycles. The fourth-order valence-electron chi connectivity index (χ4n) is 2.40. The van der Waals surface area contributed by atoms with E-state index in [1.807, 2.05) is 24.3 Å². The van der Waals surface area contributed by atoms with Gasteiger partial charge in [0.1, 0.15) is 5.75 Å². The van der Waals surface area contributed by atoms with Crippen LogP contribution in [-0.4, -0.2) is 18.3 Å². The van der Waals surface area contributed by atoms with E-state index in [9.17, 15) is 5.11 Å². The molecule has 1 unspecified atom stereocenters. The summed E-state index contributed by atoms with van der Waals surface area (Å²) in [5.74, 6) is 0.839. The zero-order valence-electron chi connectivity index (χ0n) is 12.4. The van der Waals surface area contributed by atoms with Gasteiger partial charge in [-0.25, -0.2) is 0 Å². The van der Waals surface area contributed by atoms with Crippen LogP contribution in [-0.2, 0) is 12.8 Å². The molecular weight excluding hydrogens is 248 g/mol. The van der Waals surface area contributed by atoms with Gasteiger partial charge < -0.3 is 9.84 Å². The van der Waals surface area contributed by atoms with Crippen molar-refractivity contribution in [3.05, 3.63) is 64.7 Å². The summed E-state index contributed by atoms with van der Waals surface area (Å²) in [7, 11) is 1.66. The number of aliphatic hydroxyl groups excluding tert-OH is 1. The lowest BCUT2D eigenvalue weighted by molar-refractivity contribution is 0.174. The van der Waals surface area contributed by atoms with Crippen molar-refractivity contribution in [3.63, 3.8) is 0 Å². The van der Waals surface area contributed by atoms with E-state index >= 15 is 0 Å². The van der Waals surface area contributed by atoms with Crippen LogP contribution in [0.3, 0.4) is 0 Å². The molecular formula is C18H22O2. The van der Waals surface area contributed by atoms with E-state index in [0.29, 0.717) is 12.8 Å². The Morgan fingerprint density at radius 1 is 1.00 bits per heavy atom. The number of hydrogen-bond donors (Lipinski definition) is 1. The molecule has 2 rings (SSSR count). The molecule has 0 saturated carbocycles. The maximum Gasteiger partial charge on any atom is 0.122 e. The zero-order chi connectivity index (χ0) is 14.5. The van der Waals surface area contributed by atoms with Crippen molar-refractivity contribution in [3.8, 4) is 5.75 Å². The van der Waals surface area contributed by atoms with Crippen LogP contribution in [0, 0.1) is 13.8 Å². The number of aryl methyl sites for hydroxylation is 2. The third-order valence-corrected chi connectivity index (χ3v) is 3.69. The highest BCUT2D eigenvalue weighted by atomic mass is 16.5. The molecule has 0 radical (unpaired) electrons. The van der Waals surface area contributed by atoms with Crippen LogP contribution in [0.25, 0.3) is 0 Å². The predicted molar refractivity (Wildman–Crippen MR) is 82.3 cm³/mol. The summed E-state index contributed by atoms with van der Waals surface area (Å²) in [6, 6.07) is 14.2. The van der Waals surface area contributed by atoms with Crippen LogP contribution in [0.1, 0.15) is 22.3 Å². The Kier molecular flexibility index (Phi) is 4.80. The van der Waals surface area contributed by atoms with Gasteiger partial charge in [-0.1, -0.05) is 36.4 Å². The van der Waals surface area contributed by atoms with Crippen molar-refractivity contribution < 1.29 is 9.84 Å². The molecule has 2 aromatic carbocycles. The third kappa shape index (κ3) is 3.61. The SMILES string of the molecule is COc1ccccc1CC(O)Cc1ccc(C)c(C)c1. The van der Waals surface area contributed by atoms with Crippen molar-refractivity contribution in [2.45, 2.75) is 32.8 Å². The first-order valence-corrected chi connectivity index (χ1v) is 6.96. The van der Waals surface area contributed by atoms with Gasteiger partial charge in [-0.3, -0.25) is 0 Å². The average molecular weight is 270 g/mol. The lowest BCUT2D eigenvalue weighted by Crippen LogP contribution is -2.14. The van der Waals surface area contributed by atoms with Crippen LogP contribution in [0.15, 0.2) is 42.5 Å². The highest BCUT2D eigenvalue weighted by Crippen LogP contribution is 2.20. The van der Waals surface area contributed by atoms with Gasteiger partial charge in [-0.05, 0) is 48.6 Å². The fraction of sp³-hybridized carbons (Fsp3) is 0.333. The number of benzene rings is 2. The summed E-state index contributed by atoms with van der Waals surface area (Å²) in [4.78, 5) is 0. The van der Waals surface area contributed by atoms with Crippen molar-refractivity contribution in [2.24, 2.45) is 0 Å². The number of methoxy groups -OCH3 is 1. The number of aliphatic hydroxyl groups is 1. The molecule has 0 aliphatic heterocycles. The minimum atomic E-state index is -0.395. The van der Waals surface area contributed by atoms with Crippen molar-refractivity contribution >= 4 is 0 Å². The summed E-state index contributed by atoms with van der Waals surface area (Å²) in [6.07, 6.45) is 0.879. The van der Waals surface area contributed by atoms with Crippen LogP contribution in [0.4, 0.5) is 0 Å². The molecule has 0 amide bonds. The van der Waals surface area contributed by atoms with E-state index < -0.39 is 6.10 Å². The van der Waals surface area contributed by atoms with E-state index in [4.69, 9.17) is 4.74 Å². The average Bonchev–Trinajstić information content (AvgIpc) is 2.43. The molecule has 0 bridgehead atoms. The smallest absolute Gasteiger partial charge is 0.122 e. The van der Waals surface area contributed by atoms with Crippen molar-refractivity contribution in [2.75, 3.05) is 7.11 Å². The lowest BCUT2D eigenvalue weighted by Gasteiger charge is -2.14. The van der Waals surface area contributed by atoms with Gasteiger partial charge in [-0.15, -0.1) is 0 Å². The Labute approximate surface area is 121 Å². The Morgan fingerprint density at radius 2 is 1.75 bits per heavy atom. The quantitative estimate of drug-likeness (QED) is 0.901. The molecule has 0 spiro atoms. The minimum Gasteiger partial charge on any atom is -0.496 e. The Hall–Kier alpha value is -1.80. The van der Waals surface area contributed by atoms with E-state index in [0.717, 1.165) is 11.3 Å². The summed E-state index contributed by atoms with van der Waals surface area (Å²) in [6.45, 7) is 4.20. The molecule has 2 nitrogen and oxygen atoms in total. The van der Waals surface area contributed by atoms with Crippen LogP contribution in [0.2, 0.25) is 0 Å².